The first kappa shape index (κ1) is 14.3. The Morgan fingerprint density at radius 2 is 1.70 bits per heavy atom. The molecule has 116 valence electrons. The molecule has 2 atom stereocenters. The monoisotopic (exact) mass is 304 g/mol. The molecule has 2 saturated heterocycles. The van der Waals surface area contributed by atoms with E-state index in [4.69, 9.17) is 10.00 Å². The van der Waals surface area contributed by atoms with Gasteiger partial charge in [-0.25, -0.2) is 0 Å². The number of ether oxygens (including phenoxy) is 1. The lowest BCUT2D eigenvalue weighted by molar-refractivity contribution is 0.137. The van der Waals surface area contributed by atoms with Gasteiger partial charge in [0.2, 0.25) is 0 Å². The van der Waals surface area contributed by atoms with Gasteiger partial charge in [0, 0.05) is 12.1 Å². The van der Waals surface area contributed by atoms with Crippen LogP contribution in [0.1, 0.15) is 31.2 Å². The van der Waals surface area contributed by atoms with Gasteiger partial charge in [-0.2, -0.15) is 5.26 Å². The number of benzene rings is 2. The zero-order valence-corrected chi connectivity index (χ0v) is 13.0. The minimum Gasteiger partial charge on any atom is -0.490 e. The van der Waals surface area contributed by atoms with Gasteiger partial charge in [0.25, 0.3) is 0 Å². The van der Waals surface area contributed by atoms with Crippen LogP contribution in [0.25, 0.3) is 11.1 Å². The summed E-state index contributed by atoms with van der Waals surface area (Å²) in [5.41, 5.74) is 2.93. The molecule has 0 amide bonds. The van der Waals surface area contributed by atoms with Gasteiger partial charge in [-0.15, -0.1) is 0 Å². The maximum atomic E-state index is 8.90. The molecule has 0 saturated carbocycles. The predicted octanol–water partition coefficient (Wildman–Crippen LogP) is 3.89. The summed E-state index contributed by atoms with van der Waals surface area (Å²) in [6, 6.07) is 19.4. The van der Waals surface area contributed by atoms with E-state index in [-0.39, 0.29) is 0 Å². The second kappa shape index (κ2) is 6.06. The van der Waals surface area contributed by atoms with E-state index in [9.17, 15) is 0 Å². The van der Waals surface area contributed by atoms with Gasteiger partial charge >= 0.3 is 0 Å². The van der Waals surface area contributed by atoms with Crippen molar-refractivity contribution in [3.63, 3.8) is 0 Å². The first-order valence-electron chi connectivity index (χ1n) is 8.33. The Labute approximate surface area is 136 Å². The highest BCUT2D eigenvalue weighted by atomic mass is 16.5. The van der Waals surface area contributed by atoms with E-state index in [1.165, 1.54) is 12.8 Å². The van der Waals surface area contributed by atoms with Crippen LogP contribution in [0.5, 0.6) is 5.75 Å². The van der Waals surface area contributed by atoms with Crippen LogP contribution in [0.15, 0.2) is 48.5 Å². The first-order chi connectivity index (χ1) is 11.3. The van der Waals surface area contributed by atoms with Crippen molar-refractivity contribution in [1.82, 2.24) is 5.32 Å². The van der Waals surface area contributed by atoms with Gasteiger partial charge in [-0.1, -0.05) is 24.3 Å². The normalized spacial score (nSPS) is 25.8. The Hall–Kier alpha value is -2.31. The summed E-state index contributed by atoms with van der Waals surface area (Å²) in [7, 11) is 0. The van der Waals surface area contributed by atoms with Gasteiger partial charge in [0.15, 0.2) is 0 Å². The number of hydrogen-bond acceptors (Lipinski definition) is 3. The molecule has 2 aromatic carbocycles. The quantitative estimate of drug-likeness (QED) is 0.935. The number of nitrogens with zero attached hydrogens (tertiary/aromatic N) is 1. The Morgan fingerprint density at radius 1 is 0.957 bits per heavy atom. The predicted molar refractivity (Wildman–Crippen MR) is 90.2 cm³/mol. The van der Waals surface area contributed by atoms with Crippen LogP contribution in [0.3, 0.4) is 0 Å². The third-order valence-electron chi connectivity index (χ3n) is 4.91. The van der Waals surface area contributed by atoms with Crippen molar-refractivity contribution in [2.45, 2.75) is 43.9 Å². The van der Waals surface area contributed by atoms with Gasteiger partial charge in [-0.05, 0) is 61.1 Å². The molecular weight excluding hydrogens is 284 g/mol. The minimum atomic E-state index is 0.324. The second-order valence-corrected chi connectivity index (χ2v) is 6.57. The van der Waals surface area contributed by atoms with Gasteiger partial charge in [0.05, 0.1) is 11.6 Å². The molecule has 4 rings (SSSR count). The van der Waals surface area contributed by atoms with E-state index in [0.717, 1.165) is 29.7 Å². The standard InChI is InChI=1S/C20H20N2O/c21-13-14-4-6-15(7-5-14)16-2-1-3-19(10-16)23-20-11-17-8-9-18(12-20)22-17/h1-7,10,17-18,20,22H,8-9,11-12H2. The van der Waals surface area contributed by atoms with Crippen LogP contribution in [0.2, 0.25) is 0 Å². The van der Waals surface area contributed by atoms with Crippen molar-refractivity contribution in [2.24, 2.45) is 0 Å². The molecule has 2 unspecified atom stereocenters. The van der Waals surface area contributed by atoms with Crippen molar-refractivity contribution in [3.8, 4) is 22.9 Å². The Kier molecular flexibility index (Phi) is 3.77. The smallest absolute Gasteiger partial charge is 0.120 e. The summed E-state index contributed by atoms with van der Waals surface area (Å²) in [4.78, 5) is 0. The molecule has 0 aliphatic carbocycles. The molecule has 3 nitrogen and oxygen atoms in total. The first-order valence-corrected chi connectivity index (χ1v) is 8.33. The molecule has 2 heterocycles. The van der Waals surface area contributed by atoms with Crippen molar-refractivity contribution in [1.29, 1.82) is 5.26 Å². The maximum Gasteiger partial charge on any atom is 0.120 e. The van der Waals surface area contributed by atoms with Crippen LogP contribution in [0.4, 0.5) is 0 Å². The molecule has 0 radical (unpaired) electrons. The van der Waals surface area contributed by atoms with Crippen LogP contribution in [-0.2, 0) is 0 Å². The molecule has 2 aliphatic rings. The molecule has 1 N–H and O–H groups in total. The van der Waals surface area contributed by atoms with E-state index in [0.29, 0.717) is 23.8 Å². The van der Waals surface area contributed by atoms with Crippen molar-refractivity contribution in [3.05, 3.63) is 54.1 Å². The summed E-state index contributed by atoms with van der Waals surface area (Å²) in [6.07, 6.45) is 5.12. The Balaban J connectivity index is 1.50. The Bertz CT molecular complexity index is 720. The zero-order valence-electron chi connectivity index (χ0n) is 13.0. The number of nitrogens with one attached hydrogen (secondary N) is 1. The highest BCUT2D eigenvalue weighted by molar-refractivity contribution is 5.65. The lowest BCUT2D eigenvalue weighted by Gasteiger charge is -2.29. The molecule has 2 fully saturated rings. The fourth-order valence-corrected chi connectivity index (χ4v) is 3.78. The largest absolute Gasteiger partial charge is 0.490 e. The lowest BCUT2D eigenvalue weighted by Crippen LogP contribution is -2.42. The van der Waals surface area contributed by atoms with Crippen LogP contribution in [-0.4, -0.2) is 18.2 Å². The number of fused-ring (bicyclic) bond motifs is 2. The van der Waals surface area contributed by atoms with E-state index in [1.807, 2.05) is 36.4 Å². The topological polar surface area (TPSA) is 45.0 Å². The molecule has 23 heavy (non-hydrogen) atoms. The molecule has 2 bridgehead atoms. The molecule has 3 heteroatoms. The van der Waals surface area contributed by atoms with Crippen molar-refractivity contribution < 1.29 is 4.74 Å². The SMILES string of the molecule is N#Cc1ccc(-c2cccc(OC3CC4CCC(C3)N4)c2)cc1. The average molecular weight is 304 g/mol. The van der Waals surface area contributed by atoms with Crippen molar-refractivity contribution >= 4 is 0 Å². The van der Waals surface area contributed by atoms with E-state index in [1.54, 1.807) is 0 Å². The van der Waals surface area contributed by atoms with Gasteiger partial charge in [-0.3, -0.25) is 0 Å². The second-order valence-electron chi connectivity index (χ2n) is 6.57. The summed E-state index contributed by atoms with van der Waals surface area (Å²) in [6.45, 7) is 0. The van der Waals surface area contributed by atoms with Crippen LogP contribution < -0.4 is 10.1 Å². The molecule has 0 spiro atoms. The number of piperidine rings is 1. The highest BCUT2D eigenvalue weighted by Gasteiger charge is 2.34. The van der Waals surface area contributed by atoms with E-state index in [2.05, 4.69) is 23.5 Å². The molecule has 0 aromatic heterocycles. The van der Waals surface area contributed by atoms with Gasteiger partial charge < -0.3 is 10.1 Å². The number of nitriles is 1. The Morgan fingerprint density at radius 3 is 2.39 bits per heavy atom. The fraction of sp³-hybridized carbons (Fsp3) is 0.350. The highest BCUT2D eigenvalue weighted by Crippen LogP contribution is 2.31. The van der Waals surface area contributed by atoms with E-state index >= 15 is 0 Å². The maximum absolute atomic E-state index is 8.90. The number of rotatable bonds is 3. The zero-order chi connectivity index (χ0) is 15.6. The minimum absolute atomic E-state index is 0.324. The van der Waals surface area contributed by atoms with Crippen LogP contribution >= 0.6 is 0 Å². The summed E-state index contributed by atoms with van der Waals surface area (Å²) in [5.74, 6) is 0.943. The average Bonchev–Trinajstić information content (AvgIpc) is 2.94. The third kappa shape index (κ3) is 3.09. The number of hydrogen-bond donors (Lipinski definition) is 1. The molecular formula is C20H20N2O. The third-order valence-corrected chi connectivity index (χ3v) is 4.91. The van der Waals surface area contributed by atoms with Crippen LogP contribution in [0, 0.1) is 11.3 Å². The molecule has 2 aliphatic heterocycles. The summed E-state index contributed by atoms with van der Waals surface area (Å²) in [5, 5.41) is 12.5. The van der Waals surface area contributed by atoms with Crippen molar-refractivity contribution in [2.75, 3.05) is 0 Å². The van der Waals surface area contributed by atoms with Gasteiger partial charge in [0.1, 0.15) is 11.9 Å². The summed E-state index contributed by atoms with van der Waals surface area (Å²) < 4.78 is 6.25. The summed E-state index contributed by atoms with van der Waals surface area (Å²) >= 11 is 0. The van der Waals surface area contributed by atoms with E-state index < -0.39 is 0 Å². The fourth-order valence-electron chi connectivity index (χ4n) is 3.78. The lowest BCUT2D eigenvalue weighted by atomic mass is 10.0. The molecule has 2 aromatic rings.